The molecule has 0 aliphatic carbocycles. The maximum Gasteiger partial charge on any atom is 1.00 e. The summed E-state index contributed by atoms with van der Waals surface area (Å²) >= 11 is 0. The molecule has 0 aliphatic heterocycles. The number of hydrogen-bond donors (Lipinski definition) is 0. The van der Waals surface area contributed by atoms with Gasteiger partial charge in [0.05, 0.1) is 0 Å². The van der Waals surface area contributed by atoms with E-state index < -0.39 is 0 Å². The number of hydrogen-bond acceptors (Lipinski definition) is 0. The molecule has 54 valence electrons. The molecule has 0 spiro atoms. The Kier molecular flexibility index (Phi) is 3.72. The van der Waals surface area contributed by atoms with Gasteiger partial charge in [0.2, 0.25) is 0 Å². The van der Waals surface area contributed by atoms with Crippen molar-refractivity contribution in [1.29, 1.82) is 0 Å². The molecule has 0 radical (unpaired) electrons. The van der Waals surface area contributed by atoms with Gasteiger partial charge in [0.1, 0.15) is 0 Å². The van der Waals surface area contributed by atoms with Gasteiger partial charge >= 0.3 is 18.9 Å². The Hall–Kier alpha value is -0.383. The molecular formula is C9H12LiN. The quantitative estimate of drug-likeness (QED) is 0.464. The summed E-state index contributed by atoms with van der Waals surface area (Å²) in [6, 6.07) is 4.07. The Labute approximate surface area is 80.2 Å². The Bertz CT molecular complexity index is 233. The Morgan fingerprint density at radius 3 is 1.73 bits per heavy atom. The molecule has 0 saturated carbocycles. The maximum absolute atomic E-state index is 7.54. The fourth-order valence-corrected chi connectivity index (χ4v) is 1.18. The van der Waals surface area contributed by atoms with Gasteiger partial charge < -0.3 is 5.73 Å². The molecule has 2 heteroatoms. The van der Waals surface area contributed by atoms with Crippen LogP contribution in [0.15, 0.2) is 12.1 Å². The Morgan fingerprint density at radius 1 is 1.00 bits per heavy atom. The van der Waals surface area contributed by atoms with Crippen LogP contribution in [0.5, 0.6) is 0 Å². The van der Waals surface area contributed by atoms with Crippen LogP contribution < -0.4 is 18.9 Å². The summed E-state index contributed by atoms with van der Waals surface area (Å²) in [4.78, 5) is 0. The molecule has 0 aliphatic rings. The molecule has 1 aromatic carbocycles. The van der Waals surface area contributed by atoms with Crippen molar-refractivity contribution in [2.45, 2.75) is 20.8 Å². The van der Waals surface area contributed by atoms with E-state index in [0.29, 0.717) is 5.69 Å². The molecule has 1 N–H and O–H groups in total. The van der Waals surface area contributed by atoms with Crippen LogP contribution in [-0.2, 0) is 0 Å². The van der Waals surface area contributed by atoms with Crippen molar-refractivity contribution in [3.05, 3.63) is 34.6 Å². The van der Waals surface area contributed by atoms with Crippen molar-refractivity contribution in [1.82, 2.24) is 0 Å². The van der Waals surface area contributed by atoms with Gasteiger partial charge in [-0.3, -0.25) is 0 Å². The van der Waals surface area contributed by atoms with E-state index in [4.69, 9.17) is 5.73 Å². The zero-order valence-corrected chi connectivity index (χ0v) is 7.65. The minimum atomic E-state index is 0. The van der Waals surface area contributed by atoms with E-state index in [1.165, 1.54) is 5.56 Å². The van der Waals surface area contributed by atoms with Gasteiger partial charge in [-0.05, 0) is 20.8 Å². The molecule has 0 fully saturated rings. The van der Waals surface area contributed by atoms with Crippen molar-refractivity contribution < 1.29 is 18.9 Å². The van der Waals surface area contributed by atoms with E-state index in [1.54, 1.807) is 0 Å². The molecule has 1 rings (SSSR count). The van der Waals surface area contributed by atoms with E-state index >= 15 is 0 Å². The van der Waals surface area contributed by atoms with E-state index in [1.807, 2.05) is 26.0 Å². The van der Waals surface area contributed by atoms with Crippen LogP contribution in [0.1, 0.15) is 16.7 Å². The molecule has 0 unspecified atom stereocenters. The van der Waals surface area contributed by atoms with E-state index in [-0.39, 0.29) is 18.9 Å². The first-order valence-electron chi connectivity index (χ1n) is 3.40. The normalized spacial score (nSPS) is 9.00. The van der Waals surface area contributed by atoms with Crippen LogP contribution in [0.2, 0.25) is 0 Å². The fraction of sp³-hybridized carbons (Fsp3) is 0.333. The summed E-state index contributed by atoms with van der Waals surface area (Å²) in [5.41, 5.74) is 11.6. The summed E-state index contributed by atoms with van der Waals surface area (Å²) in [6.07, 6.45) is 0. The molecule has 0 amide bonds. The first-order valence-corrected chi connectivity index (χ1v) is 3.40. The predicted octanol–water partition coefficient (Wildman–Crippen LogP) is 0.300. The topological polar surface area (TPSA) is 23.8 Å². The Morgan fingerprint density at radius 2 is 1.36 bits per heavy atom. The van der Waals surface area contributed by atoms with Gasteiger partial charge in [0.15, 0.2) is 0 Å². The van der Waals surface area contributed by atoms with Gasteiger partial charge in [0, 0.05) is 0 Å². The van der Waals surface area contributed by atoms with Gasteiger partial charge in [-0.15, -0.1) is 5.69 Å². The van der Waals surface area contributed by atoms with Gasteiger partial charge in [-0.25, -0.2) is 0 Å². The van der Waals surface area contributed by atoms with Crippen LogP contribution in [0.4, 0.5) is 5.69 Å². The third kappa shape index (κ3) is 2.29. The molecule has 11 heavy (non-hydrogen) atoms. The van der Waals surface area contributed by atoms with Crippen molar-refractivity contribution in [3.8, 4) is 0 Å². The van der Waals surface area contributed by atoms with Crippen LogP contribution in [0.3, 0.4) is 0 Å². The number of nitrogens with one attached hydrogen (secondary N) is 1. The molecule has 1 nitrogen and oxygen atoms in total. The predicted molar refractivity (Wildman–Crippen MR) is 44.6 cm³/mol. The average molecular weight is 141 g/mol. The maximum atomic E-state index is 7.54. The third-order valence-corrected chi connectivity index (χ3v) is 1.68. The average Bonchev–Trinajstić information content (AvgIpc) is 1.82. The van der Waals surface area contributed by atoms with Crippen LogP contribution in [0.25, 0.3) is 5.73 Å². The zero-order chi connectivity index (χ0) is 7.72. The minimum Gasteiger partial charge on any atom is -0.698 e. The molecule has 0 saturated heterocycles. The van der Waals surface area contributed by atoms with E-state index in [2.05, 4.69) is 6.92 Å². The molecule has 0 heterocycles. The zero-order valence-electron chi connectivity index (χ0n) is 7.65. The van der Waals surface area contributed by atoms with Crippen molar-refractivity contribution in [3.63, 3.8) is 0 Å². The van der Waals surface area contributed by atoms with Gasteiger partial charge in [-0.1, -0.05) is 28.8 Å². The summed E-state index contributed by atoms with van der Waals surface area (Å²) in [5, 5.41) is 0. The molecular weight excluding hydrogens is 129 g/mol. The smallest absolute Gasteiger partial charge is 0.698 e. The minimum absolute atomic E-state index is 0. The molecule has 0 aromatic heterocycles. The molecule has 1 aromatic rings. The van der Waals surface area contributed by atoms with Crippen molar-refractivity contribution in [2.24, 2.45) is 0 Å². The van der Waals surface area contributed by atoms with E-state index in [0.717, 1.165) is 11.1 Å². The summed E-state index contributed by atoms with van der Waals surface area (Å²) < 4.78 is 0. The van der Waals surface area contributed by atoms with Crippen molar-refractivity contribution in [2.75, 3.05) is 0 Å². The second kappa shape index (κ2) is 3.85. The van der Waals surface area contributed by atoms with Crippen LogP contribution in [-0.4, -0.2) is 0 Å². The van der Waals surface area contributed by atoms with E-state index in [9.17, 15) is 0 Å². The third-order valence-electron chi connectivity index (χ3n) is 1.68. The van der Waals surface area contributed by atoms with Crippen LogP contribution >= 0.6 is 0 Å². The fourth-order valence-electron chi connectivity index (χ4n) is 1.18. The Balaban J connectivity index is 0.000001000. The first kappa shape index (κ1) is 10.6. The monoisotopic (exact) mass is 141 g/mol. The SMILES string of the molecule is Cc1cc(C)c([NH-])c(C)c1.[Li+]. The number of aryl methyl sites for hydroxylation is 3. The standard InChI is InChI=1S/C9H12N.Li/c1-6-4-7(2)9(10)8(3)5-6;/h4-5,10H,1-3H3;/q-1;+1. The number of rotatable bonds is 0. The van der Waals surface area contributed by atoms with Crippen molar-refractivity contribution >= 4 is 5.69 Å². The summed E-state index contributed by atoms with van der Waals surface area (Å²) in [5.74, 6) is 0. The molecule has 0 bridgehead atoms. The summed E-state index contributed by atoms with van der Waals surface area (Å²) in [7, 11) is 0. The molecule has 0 atom stereocenters. The second-order valence-electron chi connectivity index (χ2n) is 2.77. The number of benzene rings is 1. The first-order chi connectivity index (χ1) is 4.61. The van der Waals surface area contributed by atoms with Gasteiger partial charge in [-0.2, -0.15) is 0 Å². The largest absolute Gasteiger partial charge is 1.00 e. The van der Waals surface area contributed by atoms with Crippen LogP contribution in [0, 0.1) is 20.8 Å². The van der Waals surface area contributed by atoms with Gasteiger partial charge in [0.25, 0.3) is 0 Å². The second-order valence-corrected chi connectivity index (χ2v) is 2.77. The summed E-state index contributed by atoms with van der Waals surface area (Å²) in [6.45, 7) is 6.00.